The lowest BCUT2D eigenvalue weighted by Gasteiger charge is -2.06. The van der Waals surface area contributed by atoms with Crippen molar-refractivity contribution in [3.63, 3.8) is 0 Å². The van der Waals surface area contributed by atoms with E-state index in [1.165, 1.54) is 11.1 Å². The molecule has 0 aromatic carbocycles. The molecule has 118 valence electrons. The third-order valence-electron chi connectivity index (χ3n) is 3.63. The minimum absolute atomic E-state index is 0.597. The second-order valence-corrected chi connectivity index (χ2v) is 5.71. The summed E-state index contributed by atoms with van der Waals surface area (Å²) in [6.07, 6.45) is 9.01. The molecule has 0 fully saturated rings. The van der Waals surface area contributed by atoms with Crippen LogP contribution >= 0.6 is 0 Å². The van der Waals surface area contributed by atoms with Crippen molar-refractivity contribution in [1.29, 1.82) is 0 Å². The van der Waals surface area contributed by atoms with Crippen molar-refractivity contribution in [2.75, 3.05) is 19.5 Å². The molecule has 2 heterocycles. The summed E-state index contributed by atoms with van der Waals surface area (Å²) in [5, 5.41) is 0. The molecule has 0 spiro atoms. The van der Waals surface area contributed by atoms with E-state index in [9.17, 15) is 0 Å². The van der Waals surface area contributed by atoms with Crippen molar-refractivity contribution in [3.05, 3.63) is 53.0 Å². The lowest BCUT2D eigenvalue weighted by molar-refractivity contribution is 0.193. The Kier molecular flexibility index (Phi) is 6.34. The number of anilines is 1. The number of nitrogen functional groups attached to an aromatic ring is 1. The highest BCUT2D eigenvalue weighted by Gasteiger charge is 2.02. The first-order valence-electron chi connectivity index (χ1n) is 7.82. The Bertz CT molecular complexity index is 578. The molecule has 0 amide bonds. The van der Waals surface area contributed by atoms with E-state index in [1.54, 1.807) is 7.11 Å². The van der Waals surface area contributed by atoms with E-state index >= 15 is 0 Å². The van der Waals surface area contributed by atoms with Crippen LogP contribution in [0, 0.1) is 6.92 Å². The van der Waals surface area contributed by atoms with E-state index in [0.717, 1.165) is 50.0 Å². The maximum Gasteiger partial charge on any atom is 0.123 e. The van der Waals surface area contributed by atoms with Crippen LogP contribution in [-0.2, 0) is 24.0 Å². The molecule has 0 bridgehead atoms. The van der Waals surface area contributed by atoms with Crippen LogP contribution in [0.5, 0.6) is 0 Å². The molecule has 0 aliphatic heterocycles. The molecular formula is C18H25N3O. The van der Waals surface area contributed by atoms with E-state index in [4.69, 9.17) is 10.5 Å². The number of aryl methyl sites for hydroxylation is 4. The lowest BCUT2D eigenvalue weighted by Crippen LogP contribution is -2.00. The lowest BCUT2D eigenvalue weighted by atomic mass is 10.0. The third kappa shape index (κ3) is 5.45. The topological polar surface area (TPSA) is 61.0 Å². The highest BCUT2D eigenvalue weighted by molar-refractivity contribution is 5.34. The average molecular weight is 299 g/mol. The number of methoxy groups -OCH3 is 1. The zero-order valence-corrected chi connectivity index (χ0v) is 13.5. The number of unbranched alkanes of at least 4 members (excludes halogenated alkanes) is 1. The average Bonchev–Trinajstić information content (AvgIpc) is 2.49. The Morgan fingerprint density at radius 2 is 1.77 bits per heavy atom. The number of pyridine rings is 2. The highest BCUT2D eigenvalue weighted by atomic mass is 16.5. The van der Waals surface area contributed by atoms with E-state index in [-0.39, 0.29) is 0 Å². The maximum absolute atomic E-state index is 5.80. The molecule has 0 saturated carbocycles. The summed E-state index contributed by atoms with van der Waals surface area (Å²) in [7, 11) is 1.74. The van der Waals surface area contributed by atoms with Gasteiger partial charge in [-0.3, -0.25) is 4.98 Å². The number of hydrogen-bond acceptors (Lipinski definition) is 4. The Balaban J connectivity index is 1.89. The fourth-order valence-electron chi connectivity index (χ4n) is 2.56. The summed E-state index contributed by atoms with van der Waals surface area (Å²) in [5.41, 5.74) is 10.6. The van der Waals surface area contributed by atoms with Crippen LogP contribution in [-0.4, -0.2) is 23.7 Å². The molecule has 0 aliphatic carbocycles. The minimum Gasteiger partial charge on any atom is -0.385 e. The van der Waals surface area contributed by atoms with Gasteiger partial charge in [0.2, 0.25) is 0 Å². The zero-order valence-electron chi connectivity index (χ0n) is 13.5. The molecule has 4 nitrogen and oxygen atoms in total. The van der Waals surface area contributed by atoms with Gasteiger partial charge < -0.3 is 10.5 Å². The van der Waals surface area contributed by atoms with Crippen molar-refractivity contribution < 1.29 is 4.74 Å². The van der Waals surface area contributed by atoms with Gasteiger partial charge in [-0.1, -0.05) is 6.07 Å². The van der Waals surface area contributed by atoms with Gasteiger partial charge in [-0.2, -0.15) is 0 Å². The molecule has 0 atom stereocenters. The zero-order chi connectivity index (χ0) is 15.8. The summed E-state index contributed by atoms with van der Waals surface area (Å²) < 4.78 is 5.08. The van der Waals surface area contributed by atoms with Crippen molar-refractivity contribution in [2.24, 2.45) is 0 Å². The smallest absolute Gasteiger partial charge is 0.123 e. The quantitative estimate of drug-likeness (QED) is 0.761. The van der Waals surface area contributed by atoms with Gasteiger partial charge >= 0.3 is 0 Å². The predicted molar refractivity (Wildman–Crippen MR) is 89.8 cm³/mol. The van der Waals surface area contributed by atoms with Gasteiger partial charge in [0.25, 0.3) is 0 Å². The second-order valence-electron chi connectivity index (χ2n) is 5.71. The first kappa shape index (κ1) is 16.4. The summed E-state index contributed by atoms with van der Waals surface area (Å²) >= 11 is 0. The van der Waals surface area contributed by atoms with Crippen LogP contribution in [0.15, 0.2) is 30.6 Å². The Labute approximate surface area is 132 Å². The molecule has 2 N–H and O–H groups in total. The molecule has 0 saturated heterocycles. The molecule has 2 aromatic rings. The van der Waals surface area contributed by atoms with Crippen LogP contribution in [0.3, 0.4) is 0 Å². The van der Waals surface area contributed by atoms with Gasteiger partial charge in [-0.25, -0.2) is 4.98 Å². The number of nitrogens with zero attached hydrogens (tertiary/aromatic N) is 2. The summed E-state index contributed by atoms with van der Waals surface area (Å²) in [6, 6.07) is 6.24. The molecule has 2 aromatic heterocycles. The first-order valence-corrected chi connectivity index (χ1v) is 7.82. The van der Waals surface area contributed by atoms with Gasteiger partial charge in [-0.05, 0) is 67.9 Å². The van der Waals surface area contributed by atoms with E-state index in [2.05, 4.69) is 22.1 Å². The van der Waals surface area contributed by atoms with E-state index < -0.39 is 0 Å². The van der Waals surface area contributed by atoms with Crippen molar-refractivity contribution in [1.82, 2.24) is 9.97 Å². The Hall–Kier alpha value is -1.94. The van der Waals surface area contributed by atoms with Crippen LogP contribution in [0.2, 0.25) is 0 Å². The summed E-state index contributed by atoms with van der Waals surface area (Å²) in [4.78, 5) is 8.74. The molecule has 0 unspecified atom stereocenters. The highest BCUT2D eigenvalue weighted by Crippen LogP contribution is 2.12. The van der Waals surface area contributed by atoms with Crippen LogP contribution < -0.4 is 5.73 Å². The molecule has 2 rings (SSSR count). The molecule has 0 aliphatic rings. The molecule has 4 heteroatoms. The van der Waals surface area contributed by atoms with Gasteiger partial charge in [0.05, 0.1) is 0 Å². The van der Waals surface area contributed by atoms with Crippen LogP contribution in [0.4, 0.5) is 5.82 Å². The third-order valence-corrected chi connectivity index (χ3v) is 3.63. The monoisotopic (exact) mass is 299 g/mol. The SMILES string of the molecule is COCCCCc1cncc(CCc2cc(C)cc(N)n2)c1. The fourth-order valence-corrected chi connectivity index (χ4v) is 2.56. The summed E-state index contributed by atoms with van der Waals surface area (Å²) in [6.45, 7) is 2.87. The van der Waals surface area contributed by atoms with Crippen LogP contribution in [0.25, 0.3) is 0 Å². The first-order chi connectivity index (χ1) is 10.7. The Morgan fingerprint density at radius 1 is 1.00 bits per heavy atom. The largest absolute Gasteiger partial charge is 0.385 e. The number of ether oxygens (including phenoxy) is 1. The number of nitrogens with two attached hydrogens (primary N) is 1. The maximum atomic E-state index is 5.80. The normalized spacial score (nSPS) is 10.8. The molecular weight excluding hydrogens is 274 g/mol. The van der Waals surface area contributed by atoms with Crippen molar-refractivity contribution in [2.45, 2.75) is 39.0 Å². The molecule has 22 heavy (non-hydrogen) atoms. The number of aromatic nitrogens is 2. The van der Waals surface area contributed by atoms with Gasteiger partial charge in [0.1, 0.15) is 5.82 Å². The van der Waals surface area contributed by atoms with Gasteiger partial charge in [0.15, 0.2) is 0 Å². The second kappa shape index (κ2) is 8.49. The van der Waals surface area contributed by atoms with Crippen LogP contribution in [0.1, 0.15) is 35.2 Å². The number of rotatable bonds is 8. The van der Waals surface area contributed by atoms with Gasteiger partial charge in [-0.15, -0.1) is 0 Å². The molecule has 0 radical (unpaired) electrons. The van der Waals surface area contributed by atoms with Crippen molar-refractivity contribution >= 4 is 5.82 Å². The standard InChI is InChI=1S/C18H25N3O/c1-14-9-17(21-18(19)10-14)7-6-16-11-15(12-20-13-16)5-3-4-8-22-2/h9-13H,3-8H2,1-2H3,(H2,19,21). The fraction of sp³-hybridized carbons (Fsp3) is 0.444. The number of hydrogen-bond donors (Lipinski definition) is 1. The summed E-state index contributed by atoms with van der Waals surface area (Å²) in [5.74, 6) is 0.597. The van der Waals surface area contributed by atoms with Crippen molar-refractivity contribution in [3.8, 4) is 0 Å². The van der Waals surface area contributed by atoms with E-state index in [0.29, 0.717) is 5.82 Å². The predicted octanol–water partition coefficient (Wildman–Crippen LogP) is 3.12. The van der Waals surface area contributed by atoms with E-state index in [1.807, 2.05) is 25.4 Å². The minimum atomic E-state index is 0.597. The van der Waals surface area contributed by atoms with Gasteiger partial charge in [0, 0.05) is 31.8 Å². The Morgan fingerprint density at radius 3 is 2.50 bits per heavy atom.